The number of esters is 1. The number of carbonyl (C=O) groups excluding carboxylic acids is 1. The normalized spacial score (nSPS) is 11.4. The van der Waals surface area contributed by atoms with E-state index in [1.807, 2.05) is 25.1 Å². The van der Waals surface area contributed by atoms with Crippen LogP contribution >= 0.6 is 0 Å². The van der Waals surface area contributed by atoms with Gasteiger partial charge in [-0.05, 0) is 36.6 Å². The Hall–Kier alpha value is -3.02. The molecule has 25 heavy (non-hydrogen) atoms. The van der Waals surface area contributed by atoms with Gasteiger partial charge < -0.3 is 13.7 Å². The quantitative estimate of drug-likeness (QED) is 0.435. The third-order valence-corrected chi connectivity index (χ3v) is 4.22. The third kappa shape index (κ3) is 3.15. The Balaban J connectivity index is 1.82. The number of hydrazone groups is 1. The van der Waals surface area contributed by atoms with Crippen molar-refractivity contribution < 1.29 is 13.9 Å². The Labute approximate surface area is 146 Å². The molecule has 1 aromatic carbocycles. The smallest absolute Gasteiger partial charge is 0.354 e. The van der Waals surface area contributed by atoms with Crippen molar-refractivity contribution in [2.75, 3.05) is 12.5 Å². The molecule has 0 saturated carbocycles. The Kier molecular flexibility index (Phi) is 4.61. The second kappa shape index (κ2) is 6.84. The van der Waals surface area contributed by atoms with Crippen molar-refractivity contribution in [1.29, 1.82) is 0 Å². The Bertz CT molecular complexity index is 950. The van der Waals surface area contributed by atoms with Gasteiger partial charge in [-0.2, -0.15) is 5.10 Å². The predicted molar refractivity (Wildman–Crippen MR) is 98.3 cm³/mol. The molecule has 3 rings (SSSR count). The van der Waals surface area contributed by atoms with Crippen LogP contribution in [0.4, 0.5) is 5.69 Å². The highest BCUT2D eigenvalue weighted by Gasteiger charge is 2.16. The summed E-state index contributed by atoms with van der Waals surface area (Å²) in [5, 5.41) is 5.12. The standard InChI is InChI=1S/C19H21N3O3/c1-5-13-8-6-7-12(2)17(13)21-20-11-15-9-14-10-16(19(23)24-4)22(3)18(14)25-15/h6-11,21H,5H2,1-4H3/b20-11+. The molecule has 0 amide bonds. The Morgan fingerprint density at radius 1 is 1.40 bits per heavy atom. The van der Waals surface area contributed by atoms with E-state index >= 15 is 0 Å². The van der Waals surface area contributed by atoms with E-state index in [0.29, 0.717) is 17.2 Å². The maximum atomic E-state index is 11.7. The number of methoxy groups -OCH3 is 1. The zero-order chi connectivity index (χ0) is 18.0. The molecule has 3 aromatic rings. The number of anilines is 1. The number of hydrogen-bond acceptors (Lipinski definition) is 5. The summed E-state index contributed by atoms with van der Waals surface area (Å²) in [5.74, 6) is 0.216. The van der Waals surface area contributed by atoms with Gasteiger partial charge >= 0.3 is 5.97 Å². The summed E-state index contributed by atoms with van der Waals surface area (Å²) in [4.78, 5) is 11.7. The summed E-state index contributed by atoms with van der Waals surface area (Å²) in [6, 6.07) is 9.76. The van der Waals surface area contributed by atoms with Gasteiger partial charge in [0.1, 0.15) is 11.5 Å². The summed E-state index contributed by atoms with van der Waals surface area (Å²) in [6.07, 6.45) is 2.56. The van der Waals surface area contributed by atoms with Gasteiger partial charge in [-0.25, -0.2) is 4.79 Å². The van der Waals surface area contributed by atoms with Gasteiger partial charge in [-0.1, -0.05) is 25.1 Å². The van der Waals surface area contributed by atoms with E-state index < -0.39 is 5.97 Å². The molecule has 0 aliphatic carbocycles. The van der Waals surface area contributed by atoms with Crippen LogP contribution < -0.4 is 5.43 Å². The lowest BCUT2D eigenvalue weighted by atomic mass is 10.1. The van der Waals surface area contributed by atoms with Crippen molar-refractivity contribution in [1.82, 2.24) is 4.57 Å². The van der Waals surface area contributed by atoms with Crippen LogP contribution in [0.15, 0.2) is 39.9 Å². The first-order chi connectivity index (χ1) is 12.0. The summed E-state index contributed by atoms with van der Waals surface area (Å²) in [6.45, 7) is 4.16. The zero-order valence-corrected chi connectivity index (χ0v) is 14.8. The lowest BCUT2D eigenvalue weighted by molar-refractivity contribution is 0.0590. The molecule has 0 fully saturated rings. The maximum Gasteiger partial charge on any atom is 0.354 e. The van der Waals surface area contributed by atoms with E-state index in [4.69, 9.17) is 9.15 Å². The van der Waals surface area contributed by atoms with Gasteiger partial charge in [0.25, 0.3) is 0 Å². The van der Waals surface area contributed by atoms with Crippen molar-refractivity contribution in [3.8, 4) is 0 Å². The highest BCUT2D eigenvalue weighted by molar-refractivity contribution is 5.95. The average molecular weight is 339 g/mol. The van der Waals surface area contributed by atoms with Crippen molar-refractivity contribution >= 4 is 29.0 Å². The SMILES string of the molecule is CCc1cccc(C)c1N/N=C/c1cc2cc(C(=O)OC)n(C)c2o1. The Morgan fingerprint density at radius 3 is 2.88 bits per heavy atom. The molecular weight excluding hydrogens is 318 g/mol. The van der Waals surface area contributed by atoms with E-state index in [1.54, 1.807) is 23.9 Å². The van der Waals surface area contributed by atoms with Crippen LogP contribution in [0.1, 0.15) is 34.3 Å². The van der Waals surface area contributed by atoms with Crippen molar-refractivity contribution in [2.24, 2.45) is 12.1 Å². The number of para-hydroxylation sites is 1. The number of hydrogen-bond donors (Lipinski definition) is 1. The van der Waals surface area contributed by atoms with Crippen LogP contribution in [-0.4, -0.2) is 23.9 Å². The van der Waals surface area contributed by atoms with Gasteiger partial charge in [0.2, 0.25) is 5.71 Å². The van der Waals surface area contributed by atoms with Crippen LogP contribution in [0, 0.1) is 6.92 Å². The number of furan rings is 1. The maximum absolute atomic E-state index is 11.7. The van der Waals surface area contributed by atoms with E-state index in [9.17, 15) is 4.79 Å². The zero-order valence-electron chi connectivity index (χ0n) is 14.8. The van der Waals surface area contributed by atoms with Crippen LogP contribution in [0.5, 0.6) is 0 Å². The highest BCUT2D eigenvalue weighted by atomic mass is 16.5. The third-order valence-electron chi connectivity index (χ3n) is 4.22. The van der Waals surface area contributed by atoms with Crippen LogP contribution in [0.2, 0.25) is 0 Å². The van der Waals surface area contributed by atoms with E-state index in [-0.39, 0.29) is 0 Å². The second-order valence-electron chi connectivity index (χ2n) is 5.82. The first-order valence-electron chi connectivity index (χ1n) is 8.10. The lowest BCUT2D eigenvalue weighted by Crippen LogP contribution is -2.06. The molecule has 0 radical (unpaired) electrons. The highest BCUT2D eigenvalue weighted by Crippen LogP contribution is 2.23. The van der Waals surface area contributed by atoms with Gasteiger partial charge in [-0.15, -0.1) is 0 Å². The molecule has 0 atom stereocenters. The van der Waals surface area contributed by atoms with Gasteiger partial charge in [-0.3, -0.25) is 5.43 Å². The van der Waals surface area contributed by atoms with E-state index in [2.05, 4.69) is 23.5 Å². The summed E-state index contributed by atoms with van der Waals surface area (Å²) in [7, 11) is 3.12. The second-order valence-corrected chi connectivity index (χ2v) is 5.82. The number of ether oxygens (including phenoxy) is 1. The van der Waals surface area contributed by atoms with Gasteiger partial charge in [0, 0.05) is 12.4 Å². The number of aryl methyl sites for hydroxylation is 3. The summed E-state index contributed by atoms with van der Waals surface area (Å²) in [5.41, 5.74) is 7.53. The fourth-order valence-electron chi connectivity index (χ4n) is 2.84. The number of fused-ring (bicyclic) bond motifs is 1. The molecule has 2 heterocycles. The van der Waals surface area contributed by atoms with Crippen molar-refractivity contribution in [3.05, 3.63) is 52.9 Å². The molecule has 1 N–H and O–H groups in total. The molecule has 2 aromatic heterocycles. The molecule has 0 spiro atoms. The van der Waals surface area contributed by atoms with E-state index in [1.165, 1.54) is 12.7 Å². The molecule has 0 aliphatic rings. The largest absolute Gasteiger partial charge is 0.464 e. The van der Waals surface area contributed by atoms with Crippen LogP contribution in [-0.2, 0) is 18.2 Å². The number of benzene rings is 1. The fraction of sp³-hybridized carbons (Fsp3) is 0.263. The topological polar surface area (TPSA) is 68.8 Å². The molecule has 6 nitrogen and oxygen atoms in total. The molecule has 6 heteroatoms. The first kappa shape index (κ1) is 16.8. The number of rotatable bonds is 5. The Morgan fingerprint density at radius 2 is 2.20 bits per heavy atom. The molecule has 0 saturated heterocycles. The van der Waals surface area contributed by atoms with Crippen molar-refractivity contribution in [2.45, 2.75) is 20.3 Å². The molecule has 0 unspecified atom stereocenters. The number of aromatic nitrogens is 1. The molecule has 130 valence electrons. The molecular formula is C19H21N3O3. The number of nitrogens with zero attached hydrogens (tertiary/aromatic N) is 2. The van der Waals surface area contributed by atoms with Crippen molar-refractivity contribution in [3.63, 3.8) is 0 Å². The lowest BCUT2D eigenvalue weighted by Gasteiger charge is -2.09. The summed E-state index contributed by atoms with van der Waals surface area (Å²) < 4.78 is 12.2. The molecule has 0 aliphatic heterocycles. The van der Waals surface area contributed by atoms with Crippen LogP contribution in [0.3, 0.4) is 0 Å². The van der Waals surface area contributed by atoms with E-state index in [0.717, 1.165) is 23.1 Å². The summed E-state index contributed by atoms with van der Waals surface area (Å²) >= 11 is 0. The average Bonchev–Trinajstić information content (AvgIpc) is 3.14. The minimum absolute atomic E-state index is 0.391. The van der Waals surface area contributed by atoms with Crippen LogP contribution in [0.25, 0.3) is 11.1 Å². The number of carbonyl (C=O) groups is 1. The first-order valence-corrected chi connectivity index (χ1v) is 8.10. The van der Waals surface area contributed by atoms with Gasteiger partial charge in [0.15, 0.2) is 0 Å². The fourth-order valence-corrected chi connectivity index (χ4v) is 2.84. The predicted octanol–water partition coefficient (Wildman–Crippen LogP) is 3.87. The van der Waals surface area contributed by atoms with Gasteiger partial charge in [0.05, 0.1) is 19.0 Å². The monoisotopic (exact) mass is 339 g/mol. The minimum atomic E-state index is -0.391. The molecule has 0 bridgehead atoms. The minimum Gasteiger partial charge on any atom is -0.464 e. The number of nitrogens with one attached hydrogen (secondary N) is 1.